The second-order valence-corrected chi connectivity index (χ2v) is 3.63. The van der Waals surface area contributed by atoms with Crippen molar-refractivity contribution < 1.29 is 4.74 Å². The highest BCUT2D eigenvalue weighted by molar-refractivity contribution is 4.63. The fraction of sp³-hybridized carbons (Fsp3) is 1.00. The molecule has 0 saturated carbocycles. The number of nitrogens with two attached hydrogens (primary N) is 1. The van der Waals surface area contributed by atoms with Crippen LogP contribution in [0.3, 0.4) is 0 Å². The van der Waals surface area contributed by atoms with Crippen molar-refractivity contribution in [2.75, 3.05) is 28.2 Å². The first-order valence-electron chi connectivity index (χ1n) is 4.08. The van der Waals surface area contributed by atoms with E-state index >= 15 is 0 Å². The van der Waals surface area contributed by atoms with Crippen molar-refractivity contribution in [3.8, 4) is 0 Å². The molecule has 0 amide bonds. The van der Waals surface area contributed by atoms with Gasteiger partial charge in [-0.05, 0) is 42.0 Å². The van der Waals surface area contributed by atoms with E-state index in [1.54, 1.807) is 0 Å². The van der Waals surface area contributed by atoms with Crippen LogP contribution in [0.1, 0.15) is 13.8 Å². The zero-order chi connectivity index (χ0) is 9.94. The summed E-state index contributed by atoms with van der Waals surface area (Å²) in [4.78, 5) is 3.81. The molecule has 0 spiro atoms. The highest BCUT2D eigenvalue weighted by Gasteiger charge is 2.25. The molecule has 0 heterocycles. The smallest absolute Gasteiger partial charge is 0.173 e. The van der Waals surface area contributed by atoms with Gasteiger partial charge in [-0.15, -0.1) is 0 Å². The van der Waals surface area contributed by atoms with E-state index in [-0.39, 0.29) is 6.23 Å². The highest BCUT2D eigenvalue weighted by atomic mass is 16.6. The summed E-state index contributed by atoms with van der Waals surface area (Å²) in [6, 6.07) is 0. The zero-order valence-electron chi connectivity index (χ0n) is 8.96. The van der Waals surface area contributed by atoms with Gasteiger partial charge in [-0.1, -0.05) is 0 Å². The van der Waals surface area contributed by atoms with Gasteiger partial charge in [-0.25, -0.2) is 0 Å². The third-order valence-corrected chi connectivity index (χ3v) is 2.02. The molecule has 4 nitrogen and oxygen atoms in total. The van der Waals surface area contributed by atoms with E-state index in [2.05, 4.69) is 0 Å². The molecule has 2 unspecified atom stereocenters. The normalized spacial score (nSPS) is 19.8. The molecule has 4 heteroatoms. The SMILES string of the molecule is CC(OC(C)(N)N(C)C)N(C)C. The first-order valence-corrected chi connectivity index (χ1v) is 4.08. The van der Waals surface area contributed by atoms with Crippen LogP contribution in [0.4, 0.5) is 0 Å². The van der Waals surface area contributed by atoms with Gasteiger partial charge in [0.15, 0.2) is 5.85 Å². The van der Waals surface area contributed by atoms with Gasteiger partial charge in [0.05, 0.1) is 0 Å². The van der Waals surface area contributed by atoms with Crippen molar-refractivity contribution >= 4 is 0 Å². The molecule has 0 aliphatic heterocycles. The molecule has 0 aromatic heterocycles. The Morgan fingerprint density at radius 3 is 1.92 bits per heavy atom. The van der Waals surface area contributed by atoms with E-state index < -0.39 is 5.85 Å². The molecule has 0 aliphatic rings. The predicted molar refractivity (Wildman–Crippen MR) is 50.5 cm³/mol. The maximum absolute atomic E-state index is 5.88. The van der Waals surface area contributed by atoms with Crippen molar-refractivity contribution in [2.45, 2.75) is 25.9 Å². The standard InChI is InChI=1S/C8H21N3O/c1-7(10(3)4)12-8(2,9)11(5)6/h7H,9H2,1-6H3. The van der Waals surface area contributed by atoms with Crippen molar-refractivity contribution in [2.24, 2.45) is 5.73 Å². The van der Waals surface area contributed by atoms with Crippen LogP contribution < -0.4 is 5.73 Å². The second-order valence-electron chi connectivity index (χ2n) is 3.63. The lowest BCUT2D eigenvalue weighted by atomic mass is 10.4. The van der Waals surface area contributed by atoms with Crippen molar-refractivity contribution in [3.63, 3.8) is 0 Å². The summed E-state index contributed by atoms with van der Waals surface area (Å²) in [5.74, 6) is -0.705. The van der Waals surface area contributed by atoms with Crippen LogP contribution in [-0.4, -0.2) is 50.1 Å². The molecule has 0 aromatic carbocycles. The highest BCUT2D eigenvalue weighted by Crippen LogP contribution is 2.09. The Hall–Kier alpha value is -0.160. The van der Waals surface area contributed by atoms with E-state index in [4.69, 9.17) is 10.5 Å². The third-order valence-electron chi connectivity index (χ3n) is 2.02. The van der Waals surface area contributed by atoms with Gasteiger partial charge in [0.2, 0.25) is 0 Å². The molecule has 12 heavy (non-hydrogen) atoms. The Kier molecular flexibility index (Phi) is 4.13. The fourth-order valence-electron chi connectivity index (χ4n) is 0.556. The largest absolute Gasteiger partial charge is 0.330 e. The average molecular weight is 175 g/mol. The minimum Gasteiger partial charge on any atom is -0.330 e. The first kappa shape index (κ1) is 11.8. The van der Waals surface area contributed by atoms with Gasteiger partial charge in [-0.2, -0.15) is 0 Å². The molecule has 0 rings (SSSR count). The average Bonchev–Trinajstić information content (AvgIpc) is 1.85. The number of rotatable bonds is 4. The lowest BCUT2D eigenvalue weighted by Gasteiger charge is -2.36. The number of nitrogens with zero attached hydrogens (tertiary/aromatic N) is 2. The van der Waals surface area contributed by atoms with Crippen LogP contribution in [0.2, 0.25) is 0 Å². The second kappa shape index (κ2) is 4.18. The van der Waals surface area contributed by atoms with Crippen molar-refractivity contribution in [1.82, 2.24) is 9.80 Å². The molecule has 0 fully saturated rings. The van der Waals surface area contributed by atoms with E-state index in [9.17, 15) is 0 Å². The lowest BCUT2D eigenvalue weighted by Crippen LogP contribution is -2.55. The Balaban J connectivity index is 4.05. The summed E-state index contributed by atoms with van der Waals surface area (Å²) in [5.41, 5.74) is 5.88. The molecular formula is C8H21N3O. The lowest BCUT2D eigenvalue weighted by molar-refractivity contribution is -0.185. The summed E-state index contributed by atoms with van der Waals surface area (Å²) in [6.45, 7) is 3.81. The predicted octanol–water partition coefficient (Wildman–Crippen LogP) is 0.105. The van der Waals surface area contributed by atoms with E-state index in [1.165, 1.54) is 0 Å². The van der Waals surface area contributed by atoms with Crippen molar-refractivity contribution in [1.29, 1.82) is 0 Å². The summed E-state index contributed by atoms with van der Waals surface area (Å²) < 4.78 is 5.59. The quantitative estimate of drug-likeness (QED) is 0.616. The Morgan fingerprint density at radius 2 is 1.67 bits per heavy atom. The maximum atomic E-state index is 5.88. The molecule has 0 bridgehead atoms. The third kappa shape index (κ3) is 3.49. The number of ether oxygens (including phenoxy) is 1. The minimum absolute atomic E-state index is 0.0161. The number of hydrogen-bond acceptors (Lipinski definition) is 4. The van der Waals surface area contributed by atoms with Gasteiger partial charge >= 0.3 is 0 Å². The molecule has 74 valence electrons. The topological polar surface area (TPSA) is 41.7 Å². The van der Waals surface area contributed by atoms with Crippen LogP contribution in [0, 0.1) is 0 Å². The van der Waals surface area contributed by atoms with Gasteiger partial charge < -0.3 is 4.74 Å². The minimum atomic E-state index is -0.705. The van der Waals surface area contributed by atoms with Gasteiger partial charge in [0.1, 0.15) is 6.23 Å². The summed E-state index contributed by atoms with van der Waals surface area (Å²) >= 11 is 0. The van der Waals surface area contributed by atoms with Crippen LogP contribution in [0.25, 0.3) is 0 Å². The zero-order valence-corrected chi connectivity index (χ0v) is 8.96. The molecule has 0 aliphatic carbocycles. The van der Waals surface area contributed by atoms with Crippen LogP contribution in [0.5, 0.6) is 0 Å². The van der Waals surface area contributed by atoms with Crippen molar-refractivity contribution in [3.05, 3.63) is 0 Å². The van der Waals surface area contributed by atoms with Gasteiger partial charge in [0, 0.05) is 0 Å². The Labute approximate surface area is 75.3 Å². The molecule has 0 radical (unpaired) electrons. The van der Waals surface area contributed by atoms with Crippen LogP contribution in [-0.2, 0) is 4.74 Å². The molecular weight excluding hydrogens is 154 g/mol. The van der Waals surface area contributed by atoms with E-state index in [0.717, 1.165) is 0 Å². The summed E-state index contributed by atoms with van der Waals surface area (Å²) in [5, 5.41) is 0. The summed E-state index contributed by atoms with van der Waals surface area (Å²) in [7, 11) is 7.69. The van der Waals surface area contributed by atoms with Gasteiger partial charge in [0.25, 0.3) is 0 Å². The van der Waals surface area contributed by atoms with E-state index in [1.807, 2.05) is 51.8 Å². The molecule has 0 aromatic rings. The molecule has 2 atom stereocenters. The Bertz CT molecular complexity index is 134. The molecule has 2 N–H and O–H groups in total. The fourth-order valence-corrected chi connectivity index (χ4v) is 0.556. The van der Waals surface area contributed by atoms with E-state index in [0.29, 0.717) is 0 Å². The molecule has 0 saturated heterocycles. The monoisotopic (exact) mass is 175 g/mol. The maximum Gasteiger partial charge on any atom is 0.173 e. The number of hydrogen-bond donors (Lipinski definition) is 1. The van der Waals surface area contributed by atoms with Gasteiger partial charge in [-0.3, -0.25) is 15.5 Å². The van der Waals surface area contributed by atoms with Crippen LogP contribution >= 0.6 is 0 Å². The summed E-state index contributed by atoms with van der Waals surface area (Å²) in [6.07, 6.45) is 0.0161. The first-order chi connectivity index (χ1) is 5.27. The Morgan fingerprint density at radius 1 is 1.25 bits per heavy atom. The van der Waals surface area contributed by atoms with Crippen LogP contribution in [0.15, 0.2) is 0 Å².